The number of hydrogen-bond acceptors (Lipinski definition) is 5. The van der Waals surface area contributed by atoms with Crippen LogP contribution in [0.2, 0.25) is 0 Å². The minimum atomic E-state index is 0.161. The standard InChI is InChI=1S/C20H23N7/c1-25-19-18(17(8-9-24-19)26-10-4-7-16(22)13-26)27(20(25)23)12-15-6-3-2-5-14(15)11-21/h2-3,5-6,8-9,16,23H,4,7,10,12-13,22H2,1H3. The van der Waals surface area contributed by atoms with Crippen molar-refractivity contribution in [1.29, 1.82) is 10.7 Å². The van der Waals surface area contributed by atoms with Crippen molar-refractivity contribution >= 4 is 16.9 Å². The van der Waals surface area contributed by atoms with Gasteiger partial charge in [0.15, 0.2) is 5.65 Å². The molecule has 0 saturated carbocycles. The zero-order chi connectivity index (χ0) is 19.0. The minimum Gasteiger partial charge on any atom is -0.368 e. The minimum absolute atomic E-state index is 0.161. The third kappa shape index (κ3) is 2.98. The second-order valence-corrected chi connectivity index (χ2v) is 7.09. The van der Waals surface area contributed by atoms with Gasteiger partial charge in [-0.3, -0.25) is 9.98 Å². The molecule has 4 rings (SSSR count). The van der Waals surface area contributed by atoms with Gasteiger partial charge in [0.05, 0.1) is 23.9 Å². The van der Waals surface area contributed by atoms with E-state index in [4.69, 9.17) is 11.1 Å². The van der Waals surface area contributed by atoms with Crippen LogP contribution in [0.3, 0.4) is 0 Å². The Morgan fingerprint density at radius 2 is 2.15 bits per heavy atom. The summed E-state index contributed by atoms with van der Waals surface area (Å²) in [6, 6.07) is 12.0. The monoisotopic (exact) mass is 361 g/mol. The molecule has 3 aromatic rings. The summed E-state index contributed by atoms with van der Waals surface area (Å²) < 4.78 is 3.73. The predicted molar refractivity (Wildman–Crippen MR) is 104 cm³/mol. The summed E-state index contributed by atoms with van der Waals surface area (Å²) in [4.78, 5) is 6.82. The summed E-state index contributed by atoms with van der Waals surface area (Å²) in [5.41, 5.74) is 10.8. The number of piperidine rings is 1. The van der Waals surface area contributed by atoms with E-state index in [1.54, 1.807) is 10.8 Å². The van der Waals surface area contributed by atoms with Gasteiger partial charge in [0.2, 0.25) is 5.62 Å². The molecule has 1 aliphatic heterocycles. The zero-order valence-electron chi connectivity index (χ0n) is 15.4. The van der Waals surface area contributed by atoms with Gasteiger partial charge in [-0.1, -0.05) is 18.2 Å². The largest absolute Gasteiger partial charge is 0.368 e. The van der Waals surface area contributed by atoms with Gasteiger partial charge in [-0.2, -0.15) is 5.26 Å². The number of nitrogens with two attached hydrogens (primary N) is 1. The number of rotatable bonds is 3. The van der Waals surface area contributed by atoms with Gasteiger partial charge >= 0.3 is 0 Å². The van der Waals surface area contributed by atoms with Crippen LogP contribution in [-0.2, 0) is 13.6 Å². The Morgan fingerprint density at radius 1 is 1.33 bits per heavy atom. The molecule has 0 aliphatic carbocycles. The lowest BCUT2D eigenvalue weighted by atomic mass is 10.1. The lowest BCUT2D eigenvalue weighted by molar-refractivity contribution is 0.506. The van der Waals surface area contributed by atoms with Crippen LogP contribution in [0, 0.1) is 16.7 Å². The van der Waals surface area contributed by atoms with Crippen LogP contribution in [0.25, 0.3) is 11.2 Å². The third-order valence-corrected chi connectivity index (χ3v) is 5.31. The number of benzene rings is 1. The highest BCUT2D eigenvalue weighted by Crippen LogP contribution is 2.27. The molecule has 1 aliphatic rings. The molecule has 7 heteroatoms. The van der Waals surface area contributed by atoms with E-state index >= 15 is 0 Å². The first-order chi connectivity index (χ1) is 13.1. The maximum atomic E-state index is 9.43. The Balaban J connectivity index is 1.89. The maximum Gasteiger partial charge on any atom is 0.204 e. The molecule has 1 unspecified atom stereocenters. The van der Waals surface area contributed by atoms with E-state index in [9.17, 15) is 5.26 Å². The van der Waals surface area contributed by atoms with Gasteiger partial charge in [0.25, 0.3) is 0 Å². The average Bonchev–Trinajstić information content (AvgIpc) is 2.93. The zero-order valence-corrected chi connectivity index (χ0v) is 15.4. The van der Waals surface area contributed by atoms with Crippen LogP contribution in [0.5, 0.6) is 0 Å². The fourth-order valence-corrected chi connectivity index (χ4v) is 3.90. The summed E-state index contributed by atoms with van der Waals surface area (Å²) in [6.07, 6.45) is 3.90. The number of anilines is 1. The third-order valence-electron chi connectivity index (χ3n) is 5.31. The van der Waals surface area contributed by atoms with Gasteiger partial charge in [-0.25, -0.2) is 4.98 Å². The van der Waals surface area contributed by atoms with Crippen molar-refractivity contribution in [2.45, 2.75) is 25.4 Å². The highest BCUT2D eigenvalue weighted by molar-refractivity contribution is 5.87. The summed E-state index contributed by atoms with van der Waals surface area (Å²) in [7, 11) is 1.86. The molecule has 1 atom stereocenters. The number of aryl methyl sites for hydroxylation is 1. The topological polar surface area (TPSA) is 99.7 Å². The Bertz CT molecular complexity index is 1090. The molecule has 0 amide bonds. The van der Waals surface area contributed by atoms with E-state index in [0.717, 1.165) is 48.3 Å². The van der Waals surface area contributed by atoms with E-state index < -0.39 is 0 Å². The number of pyridine rings is 1. The van der Waals surface area contributed by atoms with E-state index in [-0.39, 0.29) is 6.04 Å². The molecule has 27 heavy (non-hydrogen) atoms. The molecule has 0 radical (unpaired) electrons. The van der Waals surface area contributed by atoms with Crippen LogP contribution in [0.15, 0.2) is 36.5 Å². The van der Waals surface area contributed by atoms with Crippen LogP contribution >= 0.6 is 0 Å². The Labute approximate surface area is 157 Å². The predicted octanol–water partition coefficient (Wildman–Crippen LogP) is 1.70. The molecule has 0 spiro atoms. The Kier molecular flexibility index (Phi) is 4.42. The van der Waals surface area contributed by atoms with E-state index in [2.05, 4.69) is 16.0 Å². The molecule has 1 fully saturated rings. The normalized spacial score (nSPS) is 17.2. The molecule has 1 aromatic carbocycles. The fourth-order valence-electron chi connectivity index (χ4n) is 3.90. The van der Waals surface area contributed by atoms with E-state index in [0.29, 0.717) is 17.7 Å². The number of aromatic nitrogens is 3. The lowest BCUT2D eigenvalue weighted by Crippen LogP contribution is -2.43. The summed E-state index contributed by atoms with van der Waals surface area (Å²) >= 11 is 0. The number of fused-ring (bicyclic) bond motifs is 1. The summed E-state index contributed by atoms with van der Waals surface area (Å²) in [6.45, 7) is 2.21. The highest BCUT2D eigenvalue weighted by atomic mass is 15.2. The van der Waals surface area contributed by atoms with E-state index in [1.165, 1.54) is 0 Å². The molecule has 3 heterocycles. The average molecular weight is 361 g/mol. The van der Waals surface area contributed by atoms with Gasteiger partial charge in [0.1, 0.15) is 5.52 Å². The second-order valence-electron chi connectivity index (χ2n) is 7.09. The number of hydrogen-bond donors (Lipinski definition) is 2. The first-order valence-electron chi connectivity index (χ1n) is 9.17. The first-order valence-corrected chi connectivity index (χ1v) is 9.17. The van der Waals surface area contributed by atoms with Crippen molar-refractivity contribution in [3.8, 4) is 6.07 Å². The van der Waals surface area contributed by atoms with Crippen LogP contribution in [0.4, 0.5) is 5.69 Å². The molecular weight excluding hydrogens is 338 g/mol. The molecule has 2 aromatic heterocycles. The molecular formula is C20H23N7. The van der Waals surface area contributed by atoms with Crippen LogP contribution in [-0.4, -0.2) is 33.2 Å². The molecule has 3 N–H and O–H groups in total. The van der Waals surface area contributed by atoms with Crippen molar-refractivity contribution in [3.63, 3.8) is 0 Å². The molecule has 7 nitrogen and oxygen atoms in total. The number of nitrogens with one attached hydrogen (secondary N) is 1. The quantitative estimate of drug-likeness (QED) is 0.741. The number of nitrogens with zero attached hydrogens (tertiary/aromatic N) is 5. The SMILES string of the molecule is Cn1c(=N)n(Cc2ccccc2C#N)c2c(N3CCCC(N)C3)ccnc21. The fraction of sp³-hybridized carbons (Fsp3) is 0.350. The van der Waals surface area contributed by atoms with Gasteiger partial charge in [-0.05, 0) is 30.5 Å². The molecule has 0 bridgehead atoms. The number of nitriles is 1. The number of imidazole rings is 1. The molecule has 1 saturated heterocycles. The second kappa shape index (κ2) is 6.89. The van der Waals surface area contributed by atoms with Crippen molar-refractivity contribution < 1.29 is 0 Å². The van der Waals surface area contributed by atoms with Gasteiger partial charge < -0.3 is 15.2 Å². The van der Waals surface area contributed by atoms with E-state index in [1.807, 2.05) is 41.9 Å². The van der Waals surface area contributed by atoms with Crippen LogP contribution in [0.1, 0.15) is 24.0 Å². The molecule has 138 valence electrons. The smallest absolute Gasteiger partial charge is 0.204 e. The highest BCUT2D eigenvalue weighted by Gasteiger charge is 2.22. The van der Waals surface area contributed by atoms with Crippen molar-refractivity contribution in [3.05, 3.63) is 53.3 Å². The van der Waals surface area contributed by atoms with Gasteiger partial charge in [0, 0.05) is 32.4 Å². The lowest BCUT2D eigenvalue weighted by Gasteiger charge is -2.33. The van der Waals surface area contributed by atoms with Gasteiger partial charge in [-0.15, -0.1) is 0 Å². The van der Waals surface area contributed by atoms with Crippen LogP contribution < -0.4 is 16.3 Å². The Morgan fingerprint density at radius 3 is 2.93 bits per heavy atom. The van der Waals surface area contributed by atoms with Crippen molar-refractivity contribution in [2.24, 2.45) is 12.8 Å². The summed E-state index contributed by atoms with van der Waals surface area (Å²) in [5.74, 6) is 0. The maximum absolute atomic E-state index is 9.43. The van der Waals surface area contributed by atoms with Crippen molar-refractivity contribution in [2.75, 3.05) is 18.0 Å². The first kappa shape index (κ1) is 17.3. The Hall–Kier alpha value is -3.11. The summed E-state index contributed by atoms with van der Waals surface area (Å²) in [5, 5.41) is 18.0. The van der Waals surface area contributed by atoms with Crippen molar-refractivity contribution in [1.82, 2.24) is 14.1 Å².